The number of hydrogen-bond donors (Lipinski definition) is 0. The molecule has 6 nitrogen and oxygen atoms in total. The zero-order valence-corrected chi connectivity index (χ0v) is 14.3. The van der Waals surface area contributed by atoms with Crippen molar-refractivity contribution in [2.45, 2.75) is 18.1 Å². The molecule has 0 radical (unpaired) electrons. The third kappa shape index (κ3) is 4.03. The van der Waals surface area contributed by atoms with Gasteiger partial charge in [-0.15, -0.1) is 6.58 Å². The molecule has 0 unspecified atom stereocenters. The molecule has 0 fully saturated rings. The van der Waals surface area contributed by atoms with Crippen molar-refractivity contribution in [3.63, 3.8) is 0 Å². The molecule has 1 heterocycles. The number of fused-ring (bicyclic) bond motifs is 1. The summed E-state index contributed by atoms with van der Waals surface area (Å²) in [6.45, 7) is 4.39. The lowest BCUT2D eigenvalue weighted by Crippen LogP contribution is -2.30. The molecule has 0 spiro atoms. The summed E-state index contributed by atoms with van der Waals surface area (Å²) >= 11 is 1.22. The van der Waals surface area contributed by atoms with E-state index < -0.39 is 0 Å². The van der Waals surface area contributed by atoms with Crippen molar-refractivity contribution in [3.8, 4) is 6.07 Å². The van der Waals surface area contributed by atoms with E-state index in [1.165, 1.54) is 21.2 Å². The number of rotatable bonds is 7. The van der Waals surface area contributed by atoms with E-state index in [1.54, 1.807) is 31.3 Å². The minimum absolute atomic E-state index is 0.109. The second-order valence-electron chi connectivity index (χ2n) is 5.13. The third-order valence-corrected chi connectivity index (χ3v) is 4.41. The van der Waals surface area contributed by atoms with Crippen molar-refractivity contribution in [1.29, 1.82) is 5.26 Å². The number of benzene rings is 1. The number of carbonyl (C=O) groups excluding carboxylic acids is 1. The van der Waals surface area contributed by atoms with Crippen LogP contribution in [-0.4, -0.2) is 39.7 Å². The molecule has 7 heteroatoms. The molecule has 1 amide bonds. The number of thioether (sulfide) groups is 1. The molecule has 0 aliphatic heterocycles. The molecule has 0 atom stereocenters. The molecular weight excluding hydrogens is 324 g/mol. The van der Waals surface area contributed by atoms with E-state index in [0.717, 1.165) is 0 Å². The maximum Gasteiger partial charge on any atom is 0.262 e. The van der Waals surface area contributed by atoms with Crippen molar-refractivity contribution >= 4 is 28.6 Å². The lowest BCUT2D eigenvalue weighted by Gasteiger charge is -2.16. The Bertz CT molecular complexity index is 854. The molecule has 0 bridgehead atoms. The summed E-state index contributed by atoms with van der Waals surface area (Å²) in [5, 5.41) is 9.61. The topological polar surface area (TPSA) is 79.0 Å². The Morgan fingerprint density at radius 1 is 1.50 bits per heavy atom. The first-order valence-electron chi connectivity index (χ1n) is 7.42. The first kappa shape index (κ1) is 17.8. The highest BCUT2D eigenvalue weighted by atomic mass is 32.2. The number of nitriles is 1. The molecule has 0 N–H and O–H groups in total. The second-order valence-corrected chi connectivity index (χ2v) is 6.07. The fraction of sp³-hybridized carbons (Fsp3) is 0.294. The molecule has 0 saturated carbocycles. The van der Waals surface area contributed by atoms with Crippen molar-refractivity contribution in [2.24, 2.45) is 0 Å². The number of aromatic nitrogens is 2. The molecule has 1 aromatic heterocycles. The van der Waals surface area contributed by atoms with Gasteiger partial charge in [0.25, 0.3) is 5.56 Å². The van der Waals surface area contributed by atoms with Crippen LogP contribution in [0.5, 0.6) is 0 Å². The summed E-state index contributed by atoms with van der Waals surface area (Å²) in [5.74, 6) is 0.0481. The van der Waals surface area contributed by atoms with Crippen LogP contribution in [0.2, 0.25) is 0 Å². The molecule has 0 aliphatic carbocycles. The van der Waals surface area contributed by atoms with Gasteiger partial charge >= 0.3 is 0 Å². The summed E-state index contributed by atoms with van der Waals surface area (Å²) in [7, 11) is 1.66. The highest BCUT2D eigenvalue weighted by Crippen LogP contribution is 2.18. The van der Waals surface area contributed by atoms with Gasteiger partial charge in [0.15, 0.2) is 5.16 Å². The standard InChI is InChI=1S/C17H18N4O2S/c1-3-10-21-16(23)13-7-4-5-8-14(13)19-17(21)24-12-15(22)20(2)11-6-9-18/h3-5,7-8H,1,6,10-12H2,2H3. The minimum Gasteiger partial charge on any atom is -0.344 e. The number of carbonyl (C=O) groups is 1. The molecule has 0 saturated heterocycles. The van der Waals surface area contributed by atoms with Crippen LogP contribution in [0, 0.1) is 11.3 Å². The van der Waals surface area contributed by atoms with Crippen LogP contribution in [0.1, 0.15) is 6.42 Å². The van der Waals surface area contributed by atoms with Gasteiger partial charge in [-0.2, -0.15) is 5.26 Å². The highest BCUT2D eigenvalue weighted by molar-refractivity contribution is 7.99. The Labute approximate surface area is 144 Å². The normalized spacial score (nSPS) is 10.3. The number of allylic oxidation sites excluding steroid dienone is 1. The van der Waals surface area contributed by atoms with E-state index in [-0.39, 0.29) is 17.2 Å². The molecule has 0 aliphatic rings. The predicted octanol–water partition coefficient (Wildman–Crippen LogP) is 2.05. The molecular formula is C17H18N4O2S. The Kier molecular flexibility index (Phi) is 6.15. The van der Waals surface area contributed by atoms with Gasteiger partial charge in [-0.05, 0) is 12.1 Å². The van der Waals surface area contributed by atoms with Crippen molar-refractivity contribution in [3.05, 3.63) is 47.3 Å². The van der Waals surface area contributed by atoms with E-state index in [4.69, 9.17) is 5.26 Å². The average molecular weight is 342 g/mol. The van der Waals surface area contributed by atoms with Gasteiger partial charge in [0.05, 0.1) is 29.1 Å². The molecule has 2 aromatic rings. The summed E-state index contributed by atoms with van der Waals surface area (Å²) in [4.78, 5) is 30.7. The summed E-state index contributed by atoms with van der Waals surface area (Å²) in [6, 6.07) is 9.14. The van der Waals surface area contributed by atoms with Crippen LogP contribution in [0.3, 0.4) is 0 Å². The van der Waals surface area contributed by atoms with Crippen LogP contribution < -0.4 is 5.56 Å². The van der Waals surface area contributed by atoms with Gasteiger partial charge in [0, 0.05) is 20.1 Å². The summed E-state index contributed by atoms with van der Waals surface area (Å²) < 4.78 is 1.52. The van der Waals surface area contributed by atoms with E-state index in [2.05, 4.69) is 11.6 Å². The minimum atomic E-state index is -0.145. The SMILES string of the molecule is C=CCn1c(SCC(=O)N(C)CCC#N)nc2ccccc2c1=O. The Morgan fingerprint density at radius 2 is 2.25 bits per heavy atom. The molecule has 1 aromatic carbocycles. The van der Waals surface area contributed by atoms with Gasteiger partial charge in [-0.3, -0.25) is 14.2 Å². The summed E-state index contributed by atoms with van der Waals surface area (Å²) in [5.41, 5.74) is 0.462. The van der Waals surface area contributed by atoms with Crippen molar-refractivity contribution < 1.29 is 4.79 Å². The van der Waals surface area contributed by atoms with Gasteiger partial charge in [-0.25, -0.2) is 4.98 Å². The fourth-order valence-corrected chi connectivity index (χ4v) is 3.08. The number of para-hydroxylation sites is 1. The third-order valence-electron chi connectivity index (χ3n) is 3.45. The lowest BCUT2D eigenvalue weighted by molar-refractivity contribution is -0.127. The number of nitrogens with zero attached hydrogens (tertiary/aromatic N) is 4. The largest absolute Gasteiger partial charge is 0.344 e. The quantitative estimate of drug-likeness (QED) is 0.437. The van der Waals surface area contributed by atoms with Crippen LogP contribution in [0.4, 0.5) is 0 Å². The highest BCUT2D eigenvalue weighted by Gasteiger charge is 2.14. The maximum atomic E-state index is 12.6. The van der Waals surface area contributed by atoms with Gasteiger partial charge in [0.2, 0.25) is 5.91 Å². The Morgan fingerprint density at radius 3 is 2.96 bits per heavy atom. The van der Waals surface area contributed by atoms with E-state index >= 15 is 0 Å². The van der Waals surface area contributed by atoms with Crippen LogP contribution in [0.15, 0.2) is 46.9 Å². The van der Waals surface area contributed by atoms with Gasteiger partial charge in [-0.1, -0.05) is 30.0 Å². The van der Waals surface area contributed by atoms with Crippen LogP contribution in [-0.2, 0) is 11.3 Å². The van der Waals surface area contributed by atoms with E-state index in [9.17, 15) is 9.59 Å². The van der Waals surface area contributed by atoms with Crippen molar-refractivity contribution in [1.82, 2.24) is 14.5 Å². The lowest BCUT2D eigenvalue weighted by atomic mass is 10.2. The van der Waals surface area contributed by atoms with Gasteiger partial charge < -0.3 is 4.90 Å². The van der Waals surface area contributed by atoms with E-state index in [1.807, 2.05) is 12.1 Å². The molecule has 2 rings (SSSR count). The fourth-order valence-electron chi connectivity index (χ4n) is 2.13. The smallest absolute Gasteiger partial charge is 0.262 e. The van der Waals surface area contributed by atoms with Crippen LogP contribution in [0.25, 0.3) is 10.9 Å². The monoisotopic (exact) mass is 342 g/mol. The number of hydrogen-bond acceptors (Lipinski definition) is 5. The Hall–Kier alpha value is -2.59. The first-order chi connectivity index (χ1) is 11.6. The van der Waals surface area contributed by atoms with Crippen LogP contribution >= 0.6 is 11.8 Å². The second kappa shape index (κ2) is 8.31. The Balaban J connectivity index is 2.26. The average Bonchev–Trinajstić information content (AvgIpc) is 2.60. The van der Waals surface area contributed by atoms with E-state index in [0.29, 0.717) is 35.6 Å². The zero-order chi connectivity index (χ0) is 17.5. The van der Waals surface area contributed by atoms with Crippen molar-refractivity contribution in [2.75, 3.05) is 19.3 Å². The first-order valence-corrected chi connectivity index (χ1v) is 8.41. The zero-order valence-electron chi connectivity index (χ0n) is 13.4. The molecule has 24 heavy (non-hydrogen) atoms. The number of amides is 1. The predicted molar refractivity (Wildman–Crippen MR) is 94.8 cm³/mol. The molecule has 124 valence electrons. The summed E-state index contributed by atoms with van der Waals surface area (Å²) in [6.07, 6.45) is 1.92. The van der Waals surface area contributed by atoms with Gasteiger partial charge in [0.1, 0.15) is 0 Å². The maximum absolute atomic E-state index is 12.6.